The first-order valence-electron chi connectivity index (χ1n) is 15.8. The molecular weight excluding hydrogens is 568 g/mol. The molecule has 2 aliphatic carbocycles. The lowest BCUT2D eigenvalue weighted by Crippen LogP contribution is -2.48. The Kier molecular flexibility index (Phi) is 5.77. The highest BCUT2D eigenvalue weighted by Crippen LogP contribution is 2.70. The van der Waals surface area contributed by atoms with Crippen LogP contribution >= 0.6 is 0 Å². The Balaban J connectivity index is 1.04. The van der Waals surface area contributed by atoms with E-state index in [2.05, 4.69) is 4.98 Å². The number of carbonyl (C=O) groups excluding carboxylic acids is 2. The number of piperidine rings is 1. The molecule has 5 aliphatic rings. The van der Waals surface area contributed by atoms with Crippen LogP contribution in [0.4, 0.5) is 19.3 Å². The zero-order valence-electron chi connectivity index (χ0n) is 25.7. The van der Waals surface area contributed by atoms with Gasteiger partial charge in [0.15, 0.2) is 6.23 Å². The molecule has 4 fully saturated rings. The van der Waals surface area contributed by atoms with Crippen LogP contribution < -0.4 is 4.90 Å². The third-order valence-electron chi connectivity index (χ3n) is 11.0. The fraction of sp³-hybridized carbons (Fsp3) is 0.606. The van der Waals surface area contributed by atoms with Crippen LogP contribution in [0, 0.1) is 16.7 Å². The lowest BCUT2D eigenvalue weighted by molar-refractivity contribution is -0.128. The van der Waals surface area contributed by atoms with Gasteiger partial charge in [-0.15, -0.1) is 0 Å². The van der Waals surface area contributed by atoms with Crippen LogP contribution in [-0.4, -0.2) is 69.4 Å². The number of benzene rings is 1. The van der Waals surface area contributed by atoms with Crippen LogP contribution in [0.5, 0.6) is 0 Å². The maximum atomic E-state index is 14.8. The largest absolute Gasteiger partial charge is 0.444 e. The van der Waals surface area contributed by atoms with Gasteiger partial charge in [-0.1, -0.05) is 13.0 Å². The van der Waals surface area contributed by atoms with Gasteiger partial charge in [-0.3, -0.25) is 4.79 Å². The first-order chi connectivity index (χ1) is 20.8. The fourth-order valence-electron chi connectivity index (χ4n) is 7.98. The van der Waals surface area contributed by atoms with Crippen LogP contribution in [0.25, 0.3) is 22.3 Å². The minimum atomic E-state index is -2.67. The normalized spacial score (nSPS) is 28.6. The summed E-state index contributed by atoms with van der Waals surface area (Å²) in [5.41, 5.74) is 2.91. The number of hydrogen-bond donors (Lipinski definition) is 1. The van der Waals surface area contributed by atoms with E-state index in [1.165, 1.54) is 0 Å². The molecule has 1 saturated carbocycles. The van der Waals surface area contributed by atoms with E-state index in [1.807, 2.05) is 54.6 Å². The number of H-pyrrole nitrogens is 1. The Morgan fingerprint density at radius 1 is 1.14 bits per heavy atom. The molecule has 8 rings (SSSR count). The average molecular weight is 608 g/mol. The van der Waals surface area contributed by atoms with Crippen LogP contribution in [0.3, 0.4) is 0 Å². The summed E-state index contributed by atoms with van der Waals surface area (Å²) in [5.74, 6) is -3.23. The number of anilines is 1. The second kappa shape index (κ2) is 9.05. The predicted octanol–water partition coefficient (Wildman–Crippen LogP) is 6.07. The predicted molar refractivity (Wildman–Crippen MR) is 160 cm³/mol. The van der Waals surface area contributed by atoms with E-state index in [4.69, 9.17) is 14.6 Å². The van der Waals surface area contributed by atoms with Gasteiger partial charge in [-0.25, -0.2) is 18.3 Å². The third kappa shape index (κ3) is 4.00. The molecule has 234 valence electrons. The Morgan fingerprint density at radius 3 is 2.55 bits per heavy atom. The highest BCUT2D eigenvalue weighted by Gasteiger charge is 2.78. The SMILES string of the molecule is CC(C)(C)OC(=O)N1CCC2(CC1)CCN(c1ccc3cc(-c4nn(C5CCO5)c5c4C[C@@H]4C(F)(F)[C@]4(C)C5)[nH]c3c1)C2=O. The van der Waals surface area contributed by atoms with E-state index >= 15 is 0 Å². The van der Waals surface area contributed by atoms with E-state index in [1.54, 1.807) is 11.8 Å². The maximum absolute atomic E-state index is 14.8. The summed E-state index contributed by atoms with van der Waals surface area (Å²) in [5, 5.41) is 5.90. The number of amides is 2. The van der Waals surface area contributed by atoms with Crippen LogP contribution in [-0.2, 0) is 27.1 Å². The molecule has 11 heteroatoms. The van der Waals surface area contributed by atoms with Crippen molar-refractivity contribution >= 4 is 28.6 Å². The number of alkyl halides is 2. The van der Waals surface area contributed by atoms with Crippen molar-refractivity contribution in [2.24, 2.45) is 16.7 Å². The van der Waals surface area contributed by atoms with Crippen molar-refractivity contribution in [2.45, 2.75) is 84.0 Å². The molecule has 1 aromatic carbocycles. The smallest absolute Gasteiger partial charge is 0.410 e. The van der Waals surface area contributed by atoms with Crippen molar-refractivity contribution in [1.29, 1.82) is 0 Å². The second-order valence-electron chi connectivity index (χ2n) is 14.7. The molecule has 2 amide bonds. The quantitative estimate of drug-likeness (QED) is 0.390. The van der Waals surface area contributed by atoms with Gasteiger partial charge in [0.05, 0.1) is 17.7 Å². The molecule has 9 nitrogen and oxygen atoms in total. The lowest BCUT2D eigenvalue weighted by atomic mass is 9.77. The molecule has 0 radical (unpaired) electrons. The Bertz CT molecular complexity index is 1690. The summed E-state index contributed by atoms with van der Waals surface area (Å²) in [6, 6.07) is 7.99. The molecular formula is C33H39F2N5O4. The minimum absolute atomic E-state index is 0.106. The lowest BCUT2D eigenvalue weighted by Gasteiger charge is -2.38. The van der Waals surface area contributed by atoms with E-state index in [0.717, 1.165) is 46.4 Å². The average Bonchev–Trinajstić information content (AvgIpc) is 3.40. The molecule has 3 saturated heterocycles. The number of nitrogens with one attached hydrogen (secondary N) is 1. The number of aromatic nitrogens is 3. The molecule has 0 bridgehead atoms. The fourth-order valence-corrected chi connectivity index (χ4v) is 7.98. The van der Waals surface area contributed by atoms with Crippen molar-refractivity contribution in [3.8, 4) is 11.4 Å². The highest BCUT2D eigenvalue weighted by atomic mass is 19.3. The first kappa shape index (κ1) is 28.0. The number of rotatable bonds is 3. The highest BCUT2D eigenvalue weighted by molar-refractivity contribution is 6.02. The number of carbonyl (C=O) groups is 2. The van der Waals surface area contributed by atoms with Gasteiger partial charge < -0.3 is 24.3 Å². The number of ether oxygens (including phenoxy) is 2. The molecule has 1 spiro atoms. The number of aromatic amines is 1. The van der Waals surface area contributed by atoms with Crippen molar-refractivity contribution in [1.82, 2.24) is 19.7 Å². The number of hydrogen-bond acceptors (Lipinski definition) is 5. The summed E-state index contributed by atoms with van der Waals surface area (Å²) >= 11 is 0. The van der Waals surface area contributed by atoms with E-state index in [0.29, 0.717) is 57.6 Å². The van der Waals surface area contributed by atoms with E-state index in [9.17, 15) is 18.4 Å². The van der Waals surface area contributed by atoms with Crippen molar-refractivity contribution in [3.05, 3.63) is 35.5 Å². The molecule has 3 aromatic rings. The van der Waals surface area contributed by atoms with Gasteiger partial charge in [-0.2, -0.15) is 5.10 Å². The zero-order chi connectivity index (χ0) is 30.8. The van der Waals surface area contributed by atoms with Gasteiger partial charge >= 0.3 is 6.09 Å². The maximum Gasteiger partial charge on any atom is 0.410 e. The van der Waals surface area contributed by atoms with Gasteiger partial charge in [0.25, 0.3) is 5.92 Å². The van der Waals surface area contributed by atoms with Crippen LogP contribution in [0.15, 0.2) is 24.3 Å². The van der Waals surface area contributed by atoms with Gasteiger partial charge in [0.1, 0.15) is 11.3 Å². The van der Waals surface area contributed by atoms with E-state index < -0.39 is 28.3 Å². The second-order valence-corrected chi connectivity index (χ2v) is 14.7. The molecule has 5 heterocycles. The minimum Gasteiger partial charge on any atom is -0.444 e. The monoisotopic (exact) mass is 607 g/mol. The molecule has 3 atom stereocenters. The van der Waals surface area contributed by atoms with E-state index in [-0.39, 0.29) is 18.2 Å². The number of likely N-dealkylation sites (tertiary alicyclic amines) is 1. The molecule has 1 N–H and O–H groups in total. The number of nitrogens with zero attached hydrogens (tertiary/aromatic N) is 4. The summed E-state index contributed by atoms with van der Waals surface area (Å²) in [4.78, 5) is 33.5. The first-order valence-corrected chi connectivity index (χ1v) is 15.8. The Hall–Kier alpha value is -3.47. The molecule has 44 heavy (non-hydrogen) atoms. The van der Waals surface area contributed by atoms with Gasteiger partial charge in [0.2, 0.25) is 5.91 Å². The standard InChI is InChI=1S/C33H39F2N5O4/c1-30(2,3)44-29(42)38-11-8-32(9-12-38)10-13-39(28(32)41)20-6-5-19-15-23(36-22(19)16-20)27-21-17-25-31(4,33(25,34)35)18-24(21)40(37-27)26-7-14-43-26/h5-6,15-16,25-26,36H,7-14,17-18H2,1-4H3/t25-,26?,31+/m0/s1. The van der Waals surface area contributed by atoms with Crippen molar-refractivity contribution in [3.63, 3.8) is 0 Å². The van der Waals surface area contributed by atoms with Crippen LogP contribution in [0.2, 0.25) is 0 Å². The van der Waals surface area contributed by atoms with Crippen molar-refractivity contribution in [2.75, 3.05) is 31.1 Å². The Morgan fingerprint density at radius 2 is 1.86 bits per heavy atom. The summed E-state index contributed by atoms with van der Waals surface area (Å²) in [7, 11) is 0. The van der Waals surface area contributed by atoms with Gasteiger partial charge in [-0.05, 0) is 64.7 Å². The zero-order valence-corrected chi connectivity index (χ0v) is 25.7. The summed E-state index contributed by atoms with van der Waals surface area (Å²) < 4.78 is 42.7. The summed E-state index contributed by atoms with van der Waals surface area (Å²) in [6.07, 6.45) is 2.88. The third-order valence-corrected chi connectivity index (χ3v) is 11.0. The van der Waals surface area contributed by atoms with Gasteiger partial charge in [0, 0.05) is 71.7 Å². The van der Waals surface area contributed by atoms with Crippen molar-refractivity contribution < 1.29 is 27.8 Å². The topological polar surface area (TPSA) is 92.7 Å². The molecule has 3 aliphatic heterocycles. The molecule has 2 aromatic heterocycles. The Labute approximate surface area is 254 Å². The molecule has 1 unspecified atom stereocenters. The number of halogens is 2. The number of fused-ring (bicyclic) bond motifs is 3. The summed E-state index contributed by atoms with van der Waals surface area (Å²) in [6.45, 7) is 9.53. The van der Waals surface area contributed by atoms with Crippen LogP contribution in [0.1, 0.15) is 70.9 Å².